The van der Waals surface area contributed by atoms with Gasteiger partial charge in [0.25, 0.3) is 0 Å². The predicted molar refractivity (Wildman–Crippen MR) is 110 cm³/mol. The van der Waals surface area contributed by atoms with E-state index in [1.165, 1.54) is 32.1 Å². The van der Waals surface area contributed by atoms with Gasteiger partial charge in [0.15, 0.2) is 5.76 Å². The number of nitrogens with zero attached hydrogens (tertiary/aromatic N) is 2. The van der Waals surface area contributed by atoms with Crippen molar-refractivity contribution in [2.45, 2.75) is 76.2 Å². The fraction of sp³-hybridized carbons (Fsp3) is 0.864. The summed E-state index contributed by atoms with van der Waals surface area (Å²) < 4.78 is 17.2. The van der Waals surface area contributed by atoms with Crippen LogP contribution >= 0.6 is 0 Å². The van der Waals surface area contributed by atoms with Crippen LogP contribution in [0.15, 0.2) is 10.6 Å². The molecule has 29 heavy (non-hydrogen) atoms. The molecule has 2 N–H and O–H groups in total. The van der Waals surface area contributed by atoms with Gasteiger partial charge in [0.1, 0.15) is 0 Å². The van der Waals surface area contributed by atoms with Crippen LogP contribution in [0.5, 0.6) is 0 Å². The van der Waals surface area contributed by atoms with Crippen molar-refractivity contribution in [1.82, 2.24) is 15.4 Å². The van der Waals surface area contributed by atoms with Crippen LogP contribution in [-0.4, -0.2) is 72.9 Å². The maximum absolute atomic E-state index is 10.4. The Morgan fingerprint density at radius 3 is 2.72 bits per heavy atom. The van der Waals surface area contributed by atoms with Crippen LogP contribution < -0.4 is 5.32 Å². The van der Waals surface area contributed by atoms with Crippen LogP contribution in [-0.2, 0) is 22.4 Å². The average molecular weight is 408 g/mol. The van der Waals surface area contributed by atoms with Gasteiger partial charge >= 0.3 is 0 Å². The van der Waals surface area contributed by atoms with Crippen LogP contribution in [0.3, 0.4) is 0 Å². The monoisotopic (exact) mass is 407 g/mol. The molecule has 0 amide bonds. The van der Waals surface area contributed by atoms with Crippen LogP contribution in [0, 0.1) is 5.92 Å². The molecule has 0 bridgehead atoms. The summed E-state index contributed by atoms with van der Waals surface area (Å²) in [6.07, 6.45) is 8.79. The van der Waals surface area contributed by atoms with E-state index < -0.39 is 0 Å². The molecule has 164 valence electrons. The molecule has 4 rings (SSSR count). The minimum Gasteiger partial charge on any atom is -0.390 e. The van der Waals surface area contributed by atoms with Crippen molar-refractivity contribution in [3.8, 4) is 0 Å². The van der Waals surface area contributed by atoms with Gasteiger partial charge < -0.3 is 24.4 Å². The van der Waals surface area contributed by atoms with E-state index in [-0.39, 0.29) is 18.3 Å². The van der Waals surface area contributed by atoms with Crippen molar-refractivity contribution >= 4 is 0 Å². The molecule has 0 unspecified atom stereocenters. The summed E-state index contributed by atoms with van der Waals surface area (Å²) in [7, 11) is 0. The minimum atomic E-state index is -0.376. The third-order valence-corrected chi connectivity index (χ3v) is 6.61. The maximum atomic E-state index is 10.4. The largest absolute Gasteiger partial charge is 0.390 e. The summed E-state index contributed by atoms with van der Waals surface area (Å²) in [6, 6.07) is 2.06. The Bertz CT molecular complexity index is 599. The van der Waals surface area contributed by atoms with Gasteiger partial charge in [-0.25, -0.2) is 0 Å². The molecule has 3 heterocycles. The van der Waals surface area contributed by atoms with Crippen LogP contribution in [0.4, 0.5) is 0 Å². The number of aliphatic hydroxyl groups excluding tert-OH is 1. The number of rotatable bonds is 8. The summed E-state index contributed by atoms with van der Waals surface area (Å²) >= 11 is 0. The first kappa shape index (κ1) is 21.2. The molecule has 2 saturated heterocycles. The van der Waals surface area contributed by atoms with Gasteiger partial charge in [-0.05, 0) is 38.1 Å². The van der Waals surface area contributed by atoms with Crippen LogP contribution in [0.25, 0.3) is 0 Å². The van der Waals surface area contributed by atoms with Gasteiger partial charge in [-0.1, -0.05) is 24.4 Å². The lowest BCUT2D eigenvalue weighted by Gasteiger charge is -2.34. The third-order valence-electron chi connectivity index (χ3n) is 6.61. The van der Waals surface area contributed by atoms with E-state index in [0.29, 0.717) is 0 Å². The first-order chi connectivity index (χ1) is 14.3. The summed E-state index contributed by atoms with van der Waals surface area (Å²) in [5.41, 5.74) is 0.948. The second-order valence-electron chi connectivity index (χ2n) is 8.98. The summed E-state index contributed by atoms with van der Waals surface area (Å²) in [5.74, 6) is 1.70. The normalized spacial score (nSPS) is 29.9. The molecule has 0 radical (unpaired) electrons. The fourth-order valence-corrected chi connectivity index (χ4v) is 4.84. The van der Waals surface area contributed by atoms with E-state index in [2.05, 4.69) is 21.4 Å². The van der Waals surface area contributed by atoms with Crippen molar-refractivity contribution < 1.29 is 19.1 Å². The maximum Gasteiger partial charge on any atom is 0.150 e. The Labute approximate surface area is 174 Å². The van der Waals surface area contributed by atoms with E-state index in [9.17, 15) is 5.11 Å². The molecule has 0 aromatic carbocycles. The van der Waals surface area contributed by atoms with Gasteiger partial charge in [0.2, 0.25) is 0 Å². The summed E-state index contributed by atoms with van der Waals surface area (Å²) in [4.78, 5) is 2.33. The number of ether oxygens (including phenoxy) is 2. The predicted octanol–water partition coefficient (Wildman–Crippen LogP) is 2.13. The van der Waals surface area contributed by atoms with Gasteiger partial charge in [0, 0.05) is 32.1 Å². The zero-order valence-electron chi connectivity index (χ0n) is 17.6. The van der Waals surface area contributed by atoms with Gasteiger partial charge in [-0.2, -0.15) is 0 Å². The number of hydrogen-bond acceptors (Lipinski definition) is 7. The lowest BCUT2D eigenvalue weighted by Crippen LogP contribution is -2.46. The van der Waals surface area contributed by atoms with E-state index in [0.717, 1.165) is 82.6 Å². The molecule has 2 aliphatic heterocycles. The second kappa shape index (κ2) is 10.9. The molecule has 7 heteroatoms. The Hall–Kier alpha value is -0.990. The number of morpholine rings is 1. The highest BCUT2D eigenvalue weighted by atomic mass is 16.5. The lowest BCUT2D eigenvalue weighted by atomic mass is 9.89. The van der Waals surface area contributed by atoms with Gasteiger partial charge in [-0.3, -0.25) is 4.90 Å². The first-order valence-corrected chi connectivity index (χ1v) is 11.5. The molecule has 7 nitrogen and oxygen atoms in total. The minimum absolute atomic E-state index is 0.0983. The Kier molecular flexibility index (Phi) is 7.96. The molecular weight excluding hydrogens is 370 g/mol. The van der Waals surface area contributed by atoms with E-state index in [4.69, 9.17) is 14.0 Å². The van der Waals surface area contributed by atoms with E-state index in [1.807, 2.05) is 0 Å². The van der Waals surface area contributed by atoms with Crippen molar-refractivity contribution in [3.05, 3.63) is 17.5 Å². The summed E-state index contributed by atoms with van der Waals surface area (Å²) in [6.45, 7) is 6.02. The lowest BCUT2D eigenvalue weighted by molar-refractivity contribution is -0.115. The van der Waals surface area contributed by atoms with Gasteiger partial charge in [-0.15, -0.1) is 0 Å². The Morgan fingerprint density at radius 1 is 1.07 bits per heavy atom. The second-order valence-corrected chi connectivity index (χ2v) is 8.98. The molecule has 0 spiro atoms. The third kappa shape index (κ3) is 6.49. The molecule has 1 aliphatic carbocycles. The highest BCUT2D eigenvalue weighted by Crippen LogP contribution is 2.24. The van der Waals surface area contributed by atoms with Crippen molar-refractivity contribution in [2.75, 3.05) is 39.4 Å². The molecule has 1 saturated carbocycles. The highest BCUT2D eigenvalue weighted by molar-refractivity contribution is 5.07. The van der Waals surface area contributed by atoms with Crippen LogP contribution in [0.2, 0.25) is 0 Å². The zero-order valence-corrected chi connectivity index (χ0v) is 17.6. The number of aliphatic hydroxyl groups is 1. The SMILES string of the molecule is O[C@H]1CC[C@@H](Cc2cc(CN3CCOCC3)on2)O[C@@H]1CNCC1CCCCC1. The summed E-state index contributed by atoms with van der Waals surface area (Å²) in [5, 5.41) is 18.2. The molecule has 1 aromatic heterocycles. The Morgan fingerprint density at radius 2 is 1.90 bits per heavy atom. The number of nitrogens with one attached hydrogen (secondary N) is 1. The van der Waals surface area contributed by atoms with Gasteiger partial charge in [0.05, 0.1) is 43.8 Å². The average Bonchev–Trinajstić information content (AvgIpc) is 3.18. The van der Waals surface area contributed by atoms with Crippen molar-refractivity contribution in [1.29, 1.82) is 0 Å². The zero-order chi connectivity index (χ0) is 19.9. The fourth-order valence-electron chi connectivity index (χ4n) is 4.84. The highest BCUT2D eigenvalue weighted by Gasteiger charge is 2.30. The molecule has 3 atom stereocenters. The first-order valence-electron chi connectivity index (χ1n) is 11.5. The molecular formula is C22H37N3O4. The number of hydrogen-bond donors (Lipinski definition) is 2. The van der Waals surface area contributed by atoms with Crippen molar-refractivity contribution in [3.63, 3.8) is 0 Å². The van der Waals surface area contributed by atoms with E-state index >= 15 is 0 Å². The van der Waals surface area contributed by atoms with Crippen molar-refractivity contribution in [2.24, 2.45) is 5.92 Å². The number of aromatic nitrogens is 1. The molecule has 3 aliphatic rings. The van der Waals surface area contributed by atoms with Crippen LogP contribution in [0.1, 0.15) is 56.4 Å². The smallest absolute Gasteiger partial charge is 0.150 e. The standard InChI is InChI=1S/C22H37N3O4/c26-21-7-6-19(28-22(21)15-23-14-17-4-2-1-3-5-17)12-18-13-20(29-24-18)16-25-8-10-27-11-9-25/h13,17,19,21-23,26H,1-12,14-16H2/t19-,21-,22+/m0/s1. The molecule has 1 aromatic rings. The van der Waals surface area contributed by atoms with E-state index in [1.54, 1.807) is 0 Å². The Balaban J connectivity index is 1.20. The molecule has 3 fully saturated rings. The topological polar surface area (TPSA) is 80.0 Å². The quantitative estimate of drug-likeness (QED) is 0.683.